The fourth-order valence-electron chi connectivity index (χ4n) is 3.27. The molecule has 0 spiro atoms. The van der Waals surface area contributed by atoms with Crippen LogP contribution in [0.3, 0.4) is 0 Å². The highest BCUT2D eigenvalue weighted by atomic mass is 16.8. The average molecular weight is 326 g/mol. The number of ether oxygens (including phenoxy) is 1. The molecule has 0 radical (unpaired) electrons. The van der Waals surface area contributed by atoms with Crippen LogP contribution in [0.5, 0.6) is 0 Å². The molecular formula is C13H25B3O7. The summed E-state index contributed by atoms with van der Waals surface area (Å²) in [4.78, 5) is 0. The van der Waals surface area contributed by atoms with Crippen LogP contribution in [0.25, 0.3) is 0 Å². The first kappa shape index (κ1) is 17.7. The van der Waals surface area contributed by atoms with Gasteiger partial charge in [-0.15, -0.1) is 0 Å². The molecule has 3 aliphatic rings. The number of methoxy groups -OCH3 is 1. The molecule has 23 heavy (non-hydrogen) atoms. The number of hydrogen-bond acceptors (Lipinski definition) is 7. The van der Waals surface area contributed by atoms with Crippen molar-refractivity contribution in [2.75, 3.05) is 13.7 Å². The first-order valence-electron chi connectivity index (χ1n) is 8.61. The van der Waals surface area contributed by atoms with Crippen molar-refractivity contribution in [1.82, 2.24) is 0 Å². The maximum atomic E-state index is 6.07. The Kier molecular flexibility index (Phi) is 6.06. The second-order valence-electron chi connectivity index (χ2n) is 6.06. The van der Waals surface area contributed by atoms with Crippen molar-refractivity contribution in [2.45, 2.75) is 70.4 Å². The Morgan fingerprint density at radius 3 is 2.00 bits per heavy atom. The van der Waals surface area contributed by atoms with Crippen molar-refractivity contribution in [3.05, 3.63) is 0 Å². The Balaban J connectivity index is 1.72. The van der Waals surface area contributed by atoms with Gasteiger partial charge in [-0.2, -0.15) is 0 Å². The van der Waals surface area contributed by atoms with Crippen molar-refractivity contribution < 1.29 is 32.7 Å². The van der Waals surface area contributed by atoms with Gasteiger partial charge in [-0.25, -0.2) is 0 Å². The van der Waals surface area contributed by atoms with Gasteiger partial charge < -0.3 is 32.7 Å². The Hall–Kier alpha value is -0.0852. The first-order chi connectivity index (χ1) is 11.2. The van der Waals surface area contributed by atoms with Gasteiger partial charge >= 0.3 is 21.4 Å². The van der Waals surface area contributed by atoms with Crippen LogP contribution in [-0.2, 0) is 32.7 Å². The van der Waals surface area contributed by atoms with Crippen molar-refractivity contribution >= 4 is 21.4 Å². The fourth-order valence-corrected chi connectivity index (χ4v) is 3.27. The smallest absolute Gasteiger partial charge is 0.408 e. The van der Waals surface area contributed by atoms with Gasteiger partial charge in [0.15, 0.2) is 6.29 Å². The van der Waals surface area contributed by atoms with E-state index in [1.807, 2.05) is 20.8 Å². The van der Waals surface area contributed by atoms with E-state index in [9.17, 15) is 0 Å². The van der Waals surface area contributed by atoms with E-state index in [0.29, 0.717) is 6.61 Å². The predicted molar refractivity (Wildman–Crippen MR) is 86.0 cm³/mol. The predicted octanol–water partition coefficient (Wildman–Crippen LogP) is 1.10. The summed E-state index contributed by atoms with van der Waals surface area (Å²) < 4.78 is 40.9. The van der Waals surface area contributed by atoms with Gasteiger partial charge in [-0.3, -0.25) is 0 Å². The van der Waals surface area contributed by atoms with Crippen molar-refractivity contribution in [2.24, 2.45) is 0 Å². The zero-order valence-corrected chi connectivity index (χ0v) is 14.3. The molecule has 3 aliphatic heterocycles. The van der Waals surface area contributed by atoms with Crippen LogP contribution in [0.1, 0.15) is 20.8 Å². The molecule has 0 amide bonds. The Bertz CT molecular complexity index is 391. The van der Waals surface area contributed by atoms with E-state index in [1.54, 1.807) is 7.11 Å². The standard InChI is InChI=1S/C13H25B3O7/c1-5-14-18-8-9(19-14)10-11(21-15(6-2)20-10)12-13(17-4)23-16(7-3)22-12/h9-13H,5-8H2,1-4H3. The first-order valence-corrected chi connectivity index (χ1v) is 8.61. The lowest BCUT2D eigenvalue weighted by Gasteiger charge is -2.29. The van der Waals surface area contributed by atoms with Crippen LogP contribution in [0.4, 0.5) is 0 Å². The average Bonchev–Trinajstić information content (AvgIpc) is 3.29. The molecule has 0 saturated carbocycles. The molecule has 0 aliphatic carbocycles. The molecule has 0 bridgehead atoms. The molecule has 5 unspecified atom stereocenters. The molecule has 128 valence electrons. The van der Waals surface area contributed by atoms with E-state index < -0.39 is 6.29 Å². The Morgan fingerprint density at radius 1 is 0.783 bits per heavy atom. The Labute approximate surface area is 139 Å². The zero-order chi connectivity index (χ0) is 16.4. The summed E-state index contributed by atoms with van der Waals surface area (Å²) in [6.07, 6.45) is 0.819. The molecule has 3 fully saturated rings. The fraction of sp³-hybridized carbons (Fsp3) is 1.00. The molecule has 3 rings (SSSR count). The molecule has 7 nitrogen and oxygen atoms in total. The monoisotopic (exact) mass is 326 g/mol. The molecule has 0 aromatic carbocycles. The SMILES string of the molecule is CCB1OCC(C2OB(CC)OC2C2OB(CC)OC2OC)O1. The lowest BCUT2D eigenvalue weighted by atomic mass is 9.86. The molecule has 0 aromatic rings. The van der Waals surface area contributed by atoms with E-state index >= 15 is 0 Å². The topological polar surface area (TPSA) is 64.6 Å². The van der Waals surface area contributed by atoms with Crippen LogP contribution < -0.4 is 0 Å². The third-order valence-corrected chi connectivity index (χ3v) is 4.50. The highest BCUT2D eigenvalue weighted by Crippen LogP contribution is 2.34. The van der Waals surface area contributed by atoms with Crippen molar-refractivity contribution in [3.63, 3.8) is 0 Å². The van der Waals surface area contributed by atoms with Crippen LogP contribution in [0.2, 0.25) is 19.0 Å². The molecule has 3 saturated heterocycles. The van der Waals surface area contributed by atoms with E-state index in [4.69, 9.17) is 32.7 Å². The minimum atomic E-state index is -0.462. The number of hydrogen-bond donors (Lipinski definition) is 0. The molecule has 3 heterocycles. The van der Waals surface area contributed by atoms with Gasteiger partial charge in [-0.05, 0) is 19.0 Å². The van der Waals surface area contributed by atoms with Crippen LogP contribution in [-0.4, -0.2) is 65.8 Å². The molecule has 0 N–H and O–H groups in total. The Morgan fingerprint density at radius 2 is 1.39 bits per heavy atom. The molecular weight excluding hydrogens is 301 g/mol. The summed E-state index contributed by atoms with van der Waals surface area (Å²) >= 11 is 0. The minimum absolute atomic E-state index is 0.164. The zero-order valence-electron chi connectivity index (χ0n) is 14.3. The lowest BCUT2D eigenvalue weighted by molar-refractivity contribution is -0.113. The molecule has 0 aromatic heterocycles. The summed E-state index contributed by atoms with van der Waals surface area (Å²) in [6.45, 7) is 6.57. The van der Waals surface area contributed by atoms with Crippen LogP contribution in [0.15, 0.2) is 0 Å². The summed E-state index contributed by atoms with van der Waals surface area (Å²) in [5.74, 6) is 0. The minimum Gasteiger partial charge on any atom is -0.408 e. The largest absolute Gasteiger partial charge is 0.458 e. The van der Waals surface area contributed by atoms with Crippen LogP contribution >= 0.6 is 0 Å². The van der Waals surface area contributed by atoms with Gasteiger partial charge in [0, 0.05) is 7.11 Å². The maximum Gasteiger partial charge on any atom is 0.458 e. The normalized spacial score (nSPS) is 38.1. The summed E-state index contributed by atoms with van der Waals surface area (Å²) in [7, 11) is 0.895. The highest BCUT2D eigenvalue weighted by molar-refractivity contribution is 6.46. The van der Waals surface area contributed by atoms with Crippen molar-refractivity contribution in [3.8, 4) is 0 Å². The summed E-state index contributed by atoms with van der Waals surface area (Å²) in [5, 5.41) is 0. The third kappa shape index (κ3) is 3.63. The van der Waals surface area contributed by atoms with Crippen molar-refractivity contribution in [1.29, 1.82) is 0 Å². The van der Waals surface area contributed by atoms with Gasteiger partial charge in [0.1, 0.15) is 6.10 Å². The van der Waals surface area contributed by atoms with E-state index in [1.165, 1.54) is 0 Å². The summed E-state index contributed by atoms with van der Waals surface area (Å²) in [5.41, 5.74) is 0. The molecule has 5 atom stereocenters. The highest BCUT2D eigenvalue weighted by Gasteiger charge is 2.54. The summed E-state index contributed by atoms with van der Waals surface area (Å²) in [6, 6.07) is 0. The molecule has 10 heteroatoms. The van der Waals surface area contributed by atoms with E-state index in [0.717, 1.165) is 19.0 Å². The van der Waals surface area contributed by atoms with Gasteiger partial charge in [0.25, 0.3) is 0 Å². The van der Waals surface area contributed by atoms with Crippen LogP contribution in [0, 0.1) is 0 Å². The van der Waals surface area contributed by atoms with E-state index in [2.05, 4.69) is 0 Å². The second kappa shape index (κ2) is 7.86. The van der Waals surface area contributed by atoms with Gasteiger partial charge in [-0.1, -0.05) is 20.8 Å². The third-order valence-electron chi connectivity index (χ3n) is 4.50. The second-order valence-corrected chi connectivity index (χ2v) is 6.06. The van der Waals surface area contributed by atoms with Gasteiger partial charge in [0.05, 0.1) is 24.9 Å². The maximum absolute atomic E-state index is 6.07. The number of rotatable bonds is 6. The van der Waals surface area contributed by atoms with Gasteiger partial charge in [0.2, 0.25) is 0 Å². The van der Waals surface area contributed by atoms with E-state index in [-0.39, 0.29) is 45.8 Å². The quantitative estimate of drug-likeness (QED) is 0.677. The lowest BCUT2D eigenvalue weighted by Crippen LogP contribution is -2.47.